The molecule has 0 aliphatic carbocycles. The molecule has 3 N–H and O–H groups in total. The molecule has 4 radical (unpaired) electrons. The van der Waals surface area contributed by atoms with Crippen molar-refractivity contribution in [3.8, 4) is 80.0 Å². The highest BCUT2D eigenvalue weighted by Crippen LogP contribution is 2.45. The van der Waals surface area contributed by atoms with E-state index in [4.69, 9.17) is 58.3 Å². The summed E-state index contributed by atoms with van der Waals surface area (Å²) in [5.41, 5.74) is 7.33. The number of aromatic nitrogens is 8. The molecule has 0 unspecified atom stereocenters. The second-order valence-electron chi connectivity index (χ2n) is 15.5. The standard InChI is InChI=1S/C32H18N8.C20H24O8.Si/c1-2-10-18-17(9-1)25-33-26(18)38-28-21-13-5-6-14-22(21)30(35-28)40-32-24-16-8-7-15-23(24)31(36-32)39-29-20-12-4-3-11-19(20)27(34-29)37-25;1-23-13-7-11(8-14(24-2)18(13)27-5)17(20(21)22)12-9-15(25-3)19(28-6)16(10-12)26-4;/h1-16H,(H2,33,34,35,36,37,38,39,40);7-10,17H,1-6H3,(H,21,22);. The number of fused-ring (bicyclic) bond motifs is 20. The fourth-order valence-electron chi connectivity index (χ4n) is 8.60. The van der Waals surface area contributed by atoms with Crippen LogP contribution in [0.1, 0.15) is 17.0 Å². The van der Waals surface area contributed by atoms with Gasteiger partial charge in [-0.05, 0) is 35.4 Å². The van der Waals surface area contributed by atoms with E-state index in [1.807, 2.05) is 97.1 Å². The van der Waals surface area contributed by atoms with Gasteiger partial charge in [0.25, 0.3) is 0 Å². The molecule has 0 saturated heterocycles. The Morgan fingerprint density at radius 3 is 0.913 bits per heavy atom. The summed E-state index contributed by atoms with van der Waals surface area (Å²) in [5.74, 6) is 2.47. The summed E-state index contributed by atoms with van der Waals surface area (Å²) in [6.45, 7) is 0. The number of H-pyrrole nitrogens is 2. The first-order valence-corrected chi connectivity index (χ1v) is 21.3. The predicted octanol–water partition coefficient (Wildman–Crippen LogP) is 9.44. The number of hydrogen-bond acceptors (Lipinski definition) is 13. The minimum atomic E-state index is -1.07. The number of benzene rings is 6. The fraction of sp³-hybridized carbons (Fsp3) is 0.135. The van der Waals surface area contributed by atoms with Crippen molar-refractivity contribution in [1.29, 1.82) is 0 Å². The molecule has 0 spiro atoms. The van der Waals surface area contributed by atoms with E-state index in [2.05, 4.69) is 9.97 Å². The van der Waals surface area contributed by atoms with Crippen LogP contribution in [0, 0.1) is 0 Å². The summed E-state index contributed by atoms with van der Waals surface area (Å²) in [6, 6.07) is 38.6. The molecular formula is C52H42N8O8Si. The topological polar surface area (TPSA) is 202 Å². The van der Waals surface area contributed by atoms with Gasteiger partial charge in [0.15, 0.2) is 46.3 Å². The van der Waals surface area contributed by atoms with Crippen molar-refractivity contribution >= 4 is 61.1 Å². The molecule has 11 rings (SSSR count). The minimum Gasteiger partial charge on any atom is -0.493 e. The maximum Gasteiger partial charge on any atom is 0.315 e. The van der Waals surface area contributed by atoms with Crippen molar-refractivity contribution in [2.24, 2.45) is 0 Å². The lowest BCUT2D eigenvalue weighted by molar-refractivity contribution is -0.137. The summed E-state index contributed by atoms with van der Waals surface area (Å²) in [6.07, 6.45) is 0. The lowest BCUT2D eigenvalue weighted by Crippen LogP contribution is -2.14. The number of carbonyl (C=O) groups is 1. The second kappa shape index (κ2) is 18.8. The second-order valence-corrected chi connectivity index (χ2v) is 15.5. The zero-order chi connectivity index (χ0) is 47.1. The van der Waals surface area contributed by atoms with Gasteiger partial charge in [0, 0.05) is 54.8 Å². The Bertz CT molecular complexity index is 3200. The highest BCUT2D eigenvalue weighted by Gasteiger charge is 2.29. The first-order chi connectivity index (χ1) is 33.2. The van der Waals surface area contributed by atoms with Gasteiger partial charge in [-0.15, -0.1) is 0 Å². The van der Waals surface area contributed by atoms with Gasteiger partial charge in [0.05, 0.1) is 42.7 Å². The molecule has 69 heavy (non-hydrogen) atoms. The van der Waals surface area contributed by atoms with Crippen LogP contribution in [0.25, 0.3) is 89.7 Å². The lowest BCUT2D eigenvalue weighted by Gasteiger charge is -2.20. The molecular weight excluding hydrogens is 893 g/mol. The number of carboxylic acid groups (broad SMARTS) is 1. The maximum atomic E-state index is 12.2. The first-order valence-electron chi connectivity index (χ1n) is 21.3. The predicted molar refractivity (Wildman–Crippen MR) is 263 cm³/mol. The number of hydrogen-bond donors (Lipinski definition) is 3. The molecule has 17 heteroatoms. The van der Waals surface area contributed by atoms with E-state index in [0.29, 0.717) is 91.5 Å². The SMILES string of the molecule is COc1cc(C(C(=O)O)c2cc(OC)c(OC)c(OC)c2)cc(OC)c1OC.[Si].c1ccc2c(c1)-c1nc-2nc2[nH]c(nc3nc(nc4[nH]c(n1)c1ccccc41)-c1ccccc1-3)c1ccccc21. The quantitative estimate of drug-likeness (QED) is 0.116. The Morgan fingerprint density at radius 1 is 0.420 bits per heavy atom. The van der Waals surface area contributed by atoms with Crippen LogP contribution in [0.4, 0.5) is 0 Å². The van der Waals surface area contributed by atoms with Crippen LogP contribution in [-0.2, 0) is 4.79 Å². The molecule has 0 saturated carbocycles. The molecule has 2 aliphatic heterocycles. The Labute approximate surface area is 399 Å². The number of ether oxygens (including phenoxy) is 6. The zero-order valence-electron chi connectivity index (χ0n) is 38.1. The van der Waals surface area contributed by atoms with E-state index >= 15 is 0 Å². The third-order valence-corrected chi connectivity index (χ3v) is 11.7. The average Bonchev–Trinajstić information content (AvgIpc) is 4.11. The van der Waals surface area contributed by atoms with E-state index in [1.54, 1.807) is 24.3 Å². The highest BCUT2D eigenvalue weighted by molar-refractivity contribution is 6.06. The first kappa shape index (κ1) is 45.3. The Morgan fingerprint density at radius 2 is 0.681 bits per heavy atom. The third-order valence-electron chi connectivity index (χ3n) is 11.7. The average molecular weight is 935 g/mol. The maximum absolute atomic E-state index is 12.2. The molecule has 8 bridgehead atoms. The molecule has 3 aromatic heterocycles. The number of aromatic amines is 2. The normalized spacial score (nSPS) is 11.2. The van der Waals surface area contributed by atoms with Crippen molar-refractivity contribution in [1.82, 2.24) is 39.9 Å². The van der Waals surface area contributed by atoms with Gasteiger partial charge in [-0.2, -0.15) is 0 Å². The highest BCUT2D eigenvalue weighted by atomic mass is 28.1. The lowest BCUT2D eigenvalue weighted by atomic mass is 9.90. The number of carboxylic acids is 1. The molecule has 16 nitrogen and oxygen atoms in total. The van der Waals surface area contributed by atoms with Crippen molar-refractivity contribution in [3.05, 3.63) is 132 Å². The Hall–Kier alpha value is -8.83. The van der Waals surface area contributed by atoms with Gasteiger partial charge in [-0.3, -0.25) is 4.79 Å². The molecule has 2 aliphatic rings. The summed E-state index contributed by atoms with van der Waals surface area (Å²) in [4.78, 5) is 49.0. The van der Waals surface area contributed by atoms with Gasteiger partial charge in [-0.1, -0.05) is 97.1 Å². The van der Waals surface area contributed by atoms with Crippen molar-refractivity contribution < 1.29 is 38.3 Å². The van der Waals surface area contributed by atoms with Crippen LogP contribution in [0.2, 0.25) is 0 Å². The van der Waals surface area contributed by atoms with E-state index in [-0.39, 0.29) is 11.0 Å². The van der Waals surface area contributed by atoms with Gasteiger partial charge >= 0.3 is 5.97 Å². The van der Waals surface area contributed by atoms with Crippen LogP contribution >= 0.6 is 0 Å². The van der Waals surface area contributed by atoms with Gasteiger partial charge < -0.3 is 43.5 Å². The molecule has 0 atom stereocenters. The molecule has 6 aromatic carbocycles. The minimum absolute atomic E-state index is 0. The van der Waals surface area contributed by atoms with E-state index in [0.717, 1.165) is 43.8 Å². The van der Waals surface area contributed by atoms with Crippen molar-refractivity contribution in [2.75, 3.05) is 42.7 Å². The van der Waals surface area contributed by atoms with Crippen LogP contribution in [0.5, 0.6) is 34.5 Å². The van der Waals surface area contributed by atoms with Gasteiger partial charge in [0.2, 0.25) is 11.5 Å². The zero-order valence-corrected chi connectivity index (χ0v) is 39.1. The smallest absolute Gasteiger partial charge is 0.315 e. The number of nitrogens with zero attached hydrogens (tertiary/aromatic N) is 6. The molecule has 9 aromatic rings. The summed E-state index contributed by atoms with van der Waals surface area (Å²) in [5, 5.41) is 13.8. The van der Waals surface area contributed by atoms with Crippen LogP contribution < -0.4 is 28.4 Å². The summed E-state index contributed by atoms with van der Waals surface area (Å²) in [7, 11) is 8.83. The van der Waals surface area contributed by atoms with E-state index in [9.17, 15) is 9.90 Å². The van der Waals surface area contributed by atoms with Gasteiger partial charge in [0.1, 0.15) is 28.5 Å². The number of rotatable bonds is 9. The number of aliphatic carboxylic acids is 1. The van der Waals surface area contributed by atoms with E-state index in [1.165, 1.54) is 42.7 Å². The van der Waals surface area contributed by atoms with Gasteiger partial charge in [-0.25, -0.2) is 29.9 Å². The molecule has 342 valence electrons. The van der Waals surface area contributed by atoms with Crippen LogP contribution in [-0.4, -0.2) is 105 Å². The largest absolute Gasteiger partial charge is 0.493 e. The van der Waals surface area contributed by atoms with Crippen LogP contribution in [0.3, 0.4) is 0 Å². The summed E-state index contributed by atoms with van der Waals surface area (Å²) >= 11 is 0. The van der Waals surface area contributed by atoms with Crippen molar-refractivity contribution in [3.63, 3.8) is 0 Å². The number of methoxy groups -OCH3 is 6. The van der Waals surface area contributed by atoms with E-state index < -0.39 is 11.9 Å². The monoisotopic (exact) mass is 934 g/mol. The molecule has 0 amide bonds. The molecule has 5 heterocycles. The van der Waals surface area contributed by atoms with Crippen LogP contribution in [0.15, 0.2) is 121 Å². The van der Waals surface area contributed by atoms with Crippen molar-refractivity contribution in [2.45, 2.75) is 5.92 Å². The Balaban J connectivity index is 0.000000182. The Kier molecular flexibility index (Phi) is 12.4. The fourth-order valence-corrected chi connectivity index (χ4v) is 8.60. The number of nitrogens with one attached hydrogen (secondary N) is 2. The third kappa shape index (κ3) is 8.03. The molecule has 0 fully saturated rings. The summed E-state index contributed by atoms with van der Waals surface area (Å²) < 4.78 is 32.0.